The lowest BCUT2D eigenvalue weighted by atomic mass is 10.0. The topological polar surface area (TPSA) is 83.8 Å². The van der Waals surface area contributed by atoms with Crippen LogP contribution in [-0.2, 0) is 0 Å². The standard InChI is InChI=1S/C13H17ClN4O2/c1-2-9(5-6-14)8-15-13-16-11-4-3-10(18(19)20)7-12(11)17-13/h3-4,7,9H,2,5-6,8H2,1H3,(H2,15,16,17). The van der Waals surface area contributed by atoms with Gasteiger partial charge in [0, 0.05) is 24.6 Å². The van der Waals surface area contributed by atoms with Crippen molar-refractivity contribution in [2.75, 3.05) is 17.7 Å². The SMILES string of the molecule is CCC(CCCl)CNc1nc2ccc([N+](=O)[O-])cc2[nH]1. The fraction of sp³-hybridized carbons (Fsp3) is 0.462. The molecule has 108 valence electrons. The Labute approximate surface area is 121 Å². The molecule has 0 radical (unpaired) electrons. The summed E-state index contributed by atoms with van der Waals surface area (Å²) in [7, 11) is 0. The summed E-state index contributed by atoms with van der Waals surface area (Å²) in [5.74, 6) is 1.77. The number of aromatic nitrogens is 2. The Hall–Kier alpha value is -1.82. The first-order valence-electron chi connectivity index (χ1n) is 6.58. The molecule has 0 saturated heterocycles. The van der Waals surface area contributed by atoms with Crippen LogP contribution in [0.25, 0.3) is 11.0 Å². The Morgan fingerprint density at radius 1 is 1.55 bits per heavy atom. The zero-order valence-corrected chi connectivity index (χ0v) is 12.0. The molecule has 0 spiro atoms. The van der Waals surface area contributed by atoms with E-state index >= 15 is 0 Å². The third-order valence-corrected chi connectivity index (χ3v) is 3.55. The summed E-state index contributed by atoms with van der Waals surface area (Å²) >= 11 is 5.75. The number of nitro benzene ring substituents is 1. The van der Waals surface area contributed by atoms with Gasteiger partial charge in [-0.2, -0.15) is 0 Å². The summed E-state index contributed by atoms with van der Waals surface area (Å²) in [6.07, 6.45) is 2.00. The minimum Gasteiger partial charge on any atom is -0.356 e. The van der Waals surface area contributed by atoms with Crippen LogP contribution in [-0.4, -0.2) is 27.3 Å². The first-order valence-corrected chi connectivity index (χ1v) is 7.11. The van der Waals surface area contributed by atoms with Gasteiger partial charge in [0.15, 0.2) is 0 Å². The zero-order chi connectivity index (χ0) is 14.5. The van der Waals surface area contributed by atoms with Crippen LogP contribution in [0, 0.1) is 16.0 Å². The van der Waals surface area contributed by atoms with E-state index in [4.69, 9.17) is 11.6 Å². The fourth-order valence-electron chi connectivity index (χ4n) is 2.04. The number of nitrogens with one attached hydrogen (secondary N) is 2. The number of non-ortho nitro benzene ring substituents is 1. The van der Waals surface area contributed by atoms with Crippen LogP contribution in [0.1, 0.15) is 19.8 Å². The van der Waals surface area contributed by atoms with Crippen molar-refractivity contribution in [3.8, 4) is 0 Å². The number of imidazole rings is 1. The van der Waals surface area contributed by atoms with Gasteiger partial charge >= 0.3 is 0 Å². The number of benzene rings is 1. The molecular formula is C13H17ClN4O2. The number of hydrogen-bond acceptors (Lipinski definition) is 4. The molecule has 0 saturated carbocycles. The summed E-state index contributed by atoms with van der Waals surface area (Å²) in [6, 6.07) is 4.59. The van der Waals surface area contributed by atoms with Crippen LogP contribution in [0.4, 0.5) is 11.6 Å². The van der Waals surface area contributed by atoms with Crippen molar-refractivity contribution in [3.63, 3.8) is 0 Å². The second-order valence-corrected chi connectivity index (χ2v) is 5.05. The van der Waals surface area contributed by atoms with Crippen molar-refractivity contribution in [1.82, 2.24) is 9.97 Å². The summed E-state index contributed by atoms with van der Waals surface area (Å²) < 4.78 is 0. The highest BCUT2D eigenvalue weighted by molar-refractivity contribution is 6.17. The molecule has 1 atom stereocenters. The molecule has 1 heterocycles. The molecule has 0 bridgehead atoms. The number of nitro groups is 1. The predicted octanol–water partition coefficient (Wildman–Crippen LogP) is 3.54. The van der Waals surface area contributed by atoms with Crippen LogP contribution in [0.15, 0.2) is 18.2 Å². The lowest BCUT2D eigenvalue weighted by Crippen LogP contribution is -2.14. The van der Waals surface area contributed by atoms with Crippen LogP contribution in [0.2, 0.25) is 0 Å². The van der Waals surface area contributed by atoms with Gasteiger partial charge < -0.3 is 10.3 Å². The quantitative estimate of drug-likeness (QED) is 0.465. The minimum atomic E-state index is -0.416. The van der Waals surface area contributed by atoms with Crippen LogP contribution >= 0.6 is 11.6 Å². The predicted molar refractivity (Wildman–Crippen MR) is 80.4 cm³/mol. The van der Waals surface area contributed by atoms with E-state index in [9.17, 15) is 10.1 Å². The average molecular weight is 297 g/mol. The average Bonchev–Trinajstić information content (AvgIpc) is 2.85. The fourth-order valence-corrected chi connectivity index (χ4v) is 2.35. The second kappa shape index (κ2) is 6.56. The molecule has 0 aliphatic rings. The lowest BCUT2D eigenvalue weighted by Gasteiger charge is -2.13. The van der Waals surface area contributed by atoms with Crippen LogP contribution in [0.3, 0.4) is 0 Å². The molecule has 1 unspecified atom stereocenters. The normalized spacial score (nSPS) is 12.5. The molecule has 2 aromatic rings. The lowest BCUT2D eigenvalue weighted by molar-refractivity contribution is -0.384. The van der Waals surface area contributed by atoms with E-state index in [2.05, 4.69) is 22.2 Å². The number of alkyl halides is 1. The molecule has 6 nitrogen and oxygen atoms in total. The van der Waals surface area contributed by atoms with E-state index in [1.807, 2.05) is 0 Å². The summed E-state index contributed by atoms with van der Waals surface area (Å²) in [5, 5.41) is 13.9. The molecule has 20 heavy (non-hydrogen) atoms. The van der Waals surface area contributed by atoms with E-state index in [1.165, 1.54) is 12.1 Å². The third kappa shape index (κ3) is 3.39. The largest absolute Gasteiger partial charge is 0.356 e. The number of H-pyrrole nitrogens is 1. The van der Waals surface area contributed by atoms with E-state index < -0.39 is 4.92 Å². The number of hydrogen-bond donors (Lipinski definition) is 2. The van der Waals surface area contributed by atoms with Crippen molar-refractivity contribution in [2.24, 2.45) is 5.92 Å². The van der Waals surface area contributed by atoms with E-state index in [1.54, 1.807) is 6.07 Å². The zero-order valence-electron chi connectivity index (χ0n) is 11.2. The molecule has 0 fully saturated rings. The molecule has 7 heteroatoms. The number of anilines is 1. The van der Waals surface area contributed by atoms with Crippen molar-refractivity contribution in [3.05, 3.63) is 28.3 Å². The molecule has 0 aliphatic carbocycles. The van der Waals surface area contributed by atoms with Crippen molar-refractivity contribution >= 4 is 34.3 Å². The molecule has 0 amide bonds. The number of rotatable bonds is 7. The summed E-state index contributed by atoms with van der Waals surface area (Å²) in [6.45, 7) is 2.91. The first-order chi connectivity index (χ1) is 9.63. The Morgan fingerprint density at radius 2 is 2.35 bits per heavy atom. The van der Waals surface area contributed by atoms with Gasteiger partial charge in [-0.15, -0.1) is 11.6 Å². The minimum absolute atomic E-state index is 0.0567. The summed E-state index contributed by atoms with van der Waals surface area (Å²) in [4.78, 5) is 17.7. The maximum atomic E-state index is 10.7. The molecule has 2 N–H and O–H groups in total. The molecule has 1 aromatic heterocycles. The maximum absolute atomic E-state index is 10.7. The Kier molecular flexibility index (Phi) is 4.79. The molecular weight excluding hydrogens is 280 g/mol. The van der Waals surface area contributed by atoms with Gasteiger partial charge in [0.25, 0.3) is 5.69 Å². The number of aromatic amines is 1. The van der Waals surface area contributed by atoms with E-state index in [0.717, 1.165) is 19.4 Å². The molecule has 2 rings (SSSR count). The van der Waals surface area contributed by atoms with Gasteiger partial charge in [-0.3, -0.25) is 10.1 Å². The highest BCUT2D eigenvalue weighted by Gasteiger charge is 2.10. The number of nitrogens with zero attached hydrogens (tertiary/aromatic N) is 2. The highest BCUT2D eigenvalue weighted by Crippen LogP contribution is 2.21. The monoisotopic (exact) mass is 296 g/mol. The van der Waals surface area contributed by atoms with E-state index in [-0.39, 0.29) is 5.69 Å². The number of fused-ring (bicyclic) bond motifs is 1. The van der Waals surface area contributed by atoms with Crippen molar-refractivity contribution in [2.45, 2.75) is 19.8 Å². The van der Waals surface area contributed by atoms with Gasteiger partial charge in [0.1, 0.15) is 0 Å². The molecule has 0 aliphatic heterocycles. The maximum Gasteiger partial charge on any atom is 0.271 e. The molecule has 1 aromatic carbocycles. The van der Waals surface area contributed by atoms with Gasteiger partial charge in [-0.1, -0.05) is 13.3 Å². The van der Waals surface area contributed by atoms with Gasteiger partial charge in [0.2, 0.25) is 5.95 Å². The van der Waals surface area contributed by atoms with Gasteiger partial charge in [-0.05, 0) is 18.4 Å². The Bertz CT molecular complexity index is 599. The first kappa shape index (κ1) is 14.6. The highest BCUT2D eigenvalue weighted by atomic mass is 35.5. The smallest absolute Gasteiger partial charge is 0.271 e. The van der Waals surface area contributed by atoms with Crippen LogP contribution < -0.4 is 5.32 Å². The van der Waals surface area contributed by atoms with Crippen molar-refractivity contribution in [1.29, 1.82) is 0 Å². The Balaban J connectivity index is 2.09. The number of halogens is 1. The van der Waals surface area contributed by atoms with Crippen molar-refractivity contribution < 1.29 is 4.92 Å². The summed E-state index contributed by atoms with van der Waals surface area (Å²) in [5.41, 5.74) is 1.43. The third-order valence-electron chi connectivity index (χ3n) is 3.33. The second-order valence-electron chi connectivity index (χ2n) is 4.68. The van der Waals surface area contributed by atoms with Crippen LogP contribution in [0.5, 0.6) is 0 Å². The van der Waals surface area contributed by atoms with Gasteiger partial charge in [0.05, 0.1) is 16.0 Å². The van der Waals surface area contributed by atoms with Gasteiger partial charge in [-0.25, -0.2) is 4.98 Å². The van der Waals surface area contributed by atoms with E-state index in [0.29, 0.717) is 28.8 Å². The Morgan fingerprint density at radius 3 is 3.00 bits per heavy atom.